The number of hydrogen-bond donors (Lipinski definition) is 0. The molecule has 2 aromatic heterocycles. The molecule has 3 heterocycles. The van der Waals surface area contributed by atoms with E-state index in [0.717, 1.165) is 9.25 Å². The van der Waals surface area contributed by atoms with Crippen LogP contribution in [0.2, 0.25) is 0 Å². The summed E-state index contributed by atoms with van der Waals surface area (Å²) in [5.74, 6) is -0.311. The van der Waals surface area contributed by atoms with Crippen LogP contribution in [0.5, 0.6) is 0 Å². The van der Waals surface area contributed by atoms with Crippen LogP contribution in [0.1, 0.15) is 35.2 Å². The van der Waals surface area contributed by atoms with Crippen LogP contribution >= 0.6 is 0 Å². The monoisotopic (exact) mass is 415 g/mol. The summed E-state index contributed by atoms with van der Waals surface area (Å²) in [7, 11) is 1.44. The quantitative estimate of drug-likeness (QED) is 0.648. The number of aryl methyl sites for hydroxylation is 1. The highest BCUT2D eigenvalue weighted by atomic mass is 19.3. The average Bonchev–Trinajstić information content (AvgIpc) is 3.21. The lowest BCUT2D eigenvalue weighted by Crippen LogP contribution is -2.37. The maximum Gasteiger partial charge on any atom is 0.274 e. The molecule has 1 aliphatic heterocycles. The molecule has 0 N–H and O–H groups in total. The standard InChI is InChI=1S/C20H19F2N5O3/c1-25-17(28)9-8-14(24-25)20(30)26-10-4-7-15(26)18-23-13-6-3-2-5-12(13)19(29)27(18)11-16(21)22/h2-3,5-6,8-9,15-16H,4,7,10-11H2,1H3. The van der Waals surface area contributed by atoms with Gasteiger partial charge in [0.15, 0.2) is 0 Å². The van der Waals surface area contributed by atoms with Gasteiger partial charge in [0.25, 0.3) is 23.5 Å². The van der Waals surface area contributed by atoms with E-state index in [1.54, 1.807) is 24.3 Å². The van der Waals surface area contributed by atoms with E-state index in [0.29, 0.717) is 24.9 Å². The Morgan fingerprint density at radius 2 is 1.97 bits per heavy atom. The van der Waals surface area contributed by atoms with Crippen molar-refractivity contribution in [3.63, 3.8) is 0 Å². The maximum absolute atomic E-state index is 13.3. The van der Waals surface area contributed by atoms with Crippen molar-refractivity contribution in [1.29, 1.82) is 0 Å². The molecule has 10 heteroatoms. The number of halogens is 2. The molecule has 30 heavy (non-hydrogen) atoms. The summed E-state index contributed by atoms with van der Waals surface area (Å²) < 4.78 is 28.5. The van der Waals surface area contributed by atoms with E-state index in [1.807, 2.05) is 0 Å². The third-order valence-electron chi connectivity index (χ3n) is 5.20. The van der Waals surface area contributed by atoms with E-state index in [4.69, 9.17) is 0 Å². The molecule has 1 unspecified atom stereocenters. The van der Waals surface area contributed by atoms with Crippen LogP contribution < -0.4 is 11.1 Å². The van der Waals surface area contributed by atoms with Crippen molar-refractivity contribution >= 4 is 16.8 Å². The first kappa shape index (κ1) is 19.9. The second-order valence-electron chi connectivity index (χ2n) is 7.13. The SMILES string of the molecule is Cn1nc(C(=O)N2CCCC2c2nc3ccccc3c(=O)n2CC(F)F)ccc1=O. The lowest BCUT2D eigenvalue weighted by atomic mass is 10.1. The van der Waals surface area contributed by atoms with E-state index < -0.39 is 30.5 Å². The molecule has 8 nitrogen and oxygen atoms in total. The second kappa shape index (κ2) is 7.77. The first-order valence-electron chi connectivity index (χ1n) is 9.50. The molecule has 1 amide bonds. The molecule has 1 atom stereocenters. The number of likely N-dealkylation sites (tertiary alicyclic amines) is 1. The molecule has 4 rings (SSSR count). The number of para-hydroxylation sites is 1. The Kier molecular flexibility index (Phi) is 5.15. The zero-order valence-corrected chi connectivity index (χ0v) is 16.2. The predicted octanol–water partition coefficient (Wildman–Crippen LogP) is 1.73. The van der Waals surface area contributed by atoms with Crippen LogP contribution in [0.4, 0.5) is 8.78 Å². The van der Waals surface area contributed by atoms with Crippen molar-refractivity contribution < 1.29 is 13.6 Å². The van der Waals surface area contributed by atoms with E-state index in [9.17, 15) is 23.2 Å². The first-order chi connectivity index (χ1) is 14.4. The number of carbonyl (C=O) groups is 1. The molecule has 0 aliphatic carbocycles. The molecular formula is C20H19F2N5O3. The van der Waals surface area contributed by atoms with Gasteiger partial charge in [0.05, 0.1) is 23.5 Å². The van der Waals surface area contributed by atoms with Gasteiger partial charge < -0.3 is 4.90 Å². The Bertz CT molecular complexity index is 1240. The van der Waals surface area contributed by atoms with Crippen LogP contribution in [-0.4, -0.2) is 43.1 Å². The van der Waals surface area contributed by atoms with Crippen molar-refractivity contribution in [1.82, 2.24) is 24.2 Å². The number of rotatable bonds is 4. The minimum absolute atomic E-state index is 0.0625. The molecule has 0 radical (unpaired) electrons. The highest BCUT2D eigenvalue weighted by Gasteiger charge is 2.35. The van der Waals surface area contributed by atoms with Gasteiger partial charge in [-0.3, -0.25) is 19.0 Å². The van der Waals surface area contributed by atoms with Gasteiger partial charge in [0.2, 0.25) is 0 Å². The van der Waals surface area contributed by atoms with Gasteiger partial charge in [-0.1, -0.05) is 12.1 Å². The highest BCUT2D eigenvalue weighted by molar-refractivity contribution is 5.92. The van der Waals surface area contributed by atoms with Gasteiger partial charge in [-0.25, -0.2) is 18.4 Å². The van der Waals surface area contributed by atoms with Gasteiger partial charge in [0, 0.05) is 19.7 Å². The van der Waals surface area contributed by atoms with Crippen LogP contribution in [0.15, 0.2) is 46.0 Å². The summed E-state index contributed by atoms with van der Waals surface area (Å²) in [6.07, 6.45) is -1.65. The van der Waals surface area contributed by atoms with E-state index in [2.05, 4.69) is 10.1 Å². The molecule has 0 bridgehead atoms. The van der Waals surface area contributed by atoms with Crippen LogP contribution in [0.25, 0.3) is 10.9 Å². The number of hydrogen-bond acceptors (Lipinski definition) is 5. The minimum Gasteiger partial charge on any atom is -0.327 e. The molecular weight excluding hydrogens is 396 g/mol. The Morgan fingerprint density at radius 1 is 1.20 bits per heavy atom. The third-order valence-corrected chi connectivity index (χ3v) is 5.20. The van der Waals surface area contributed by atoms with E-state index in [-0.39, 0.29) is 22.5 Å². The van der Waals surface area contributed by atoms with Gasteiger partial charge in [-0.15, -0.1) is 0 Å². The summed E-state index contributed by atoms with van der Waals surface area (Å²) in [4.78, 5) is 43.5. The number of benzene rings is 1. The van der Waals surface area contributed by atoms with Crippen LogP contribution in [0, 0.1) is 0 Å². The highest BCUT2D eigenvalue weighted by Crippen LogP contribution is 2.32. The Labute approximate surface area is 169 Å². The lowest BCUT2D eigenvalue weighted by Gasteiger charge is -2.26. The number of fused-ring (bicyclic) bond motifs is 1. The fourth-order valence-corrected chi connectivity index (χ4v) is 3.80. The fraction of sp³-hybridized carbons (Fsp3) is 0.350. The molecule has 156 valence electrons. The van der Waals surface area contributed by atoms with Gasteiger partial charge in [-0.2, -0.15) is 5.10 Å². The zero-order chi connectivity index (χ0) is 21.4. The summed E-state index contributed by atoms with van der Waals surface area (Å²) in [5.41, 5.74) is -0.461. The largest absolute Gasteiger partial charge is 0.327 e. The van der Waals surface area contributed by atoms with Gasteiger partial charge >= 0.3 is 0 Å². The average molecular weight is 415 g/mol. The van der Waals surface area contributed by atoms with Gasteiger partial charge in [-0.05, 0) is 31.0 Å². The third kappa shape index (κ3) is 3.49. The topological polar surface area (TPSA) is 90.1 Å². The molecule has 1 aliphatic rings. The van der Waals surface area contributed by atoms with Crippen molar-refractivity contribution in [2.75, 3.05) is 6.54 Å². The van der Waals surface area contributed by atoms with Gasteiger partial charge in [0.1, 0.15) is 11.5 Å². The number of alkyl halides is 2. The van der Waals surface area contributed by atoms with E-state index >= 15 is 0 Å². The predicted molar refractivity (Wildman–Crippen MR) is 104 cm³/mol. The van der Waals surface area contributed by atoms with Crippen molar-refractivity contribution in [2.45, 2.75) is 31.9 Å². The molecule has 1 aromatic carbocycles. The smallest absolute Gasteiger partial charge is 0.274 e. The lowest BCUT2D eigenvalue weighted by molar-refractivity contribution is 0.0712. The first-order valence-corrected chi connectivity index (χ1v) is 9.50. The van der Waals surface area contributed by atoms with Crippen LogP contribution in [-0.2, 0) is 13.6 Å². The molecule has 1 saturated heterocycles. The number of nitrogens with zero attached hydrogens (tertiary/aromatic N) is 5. The molecule has 3 aromatic rings. The van der Waals surface area contributed by atoms with Crippen molar-refractivity contribution in [3.8, 4) is 0 Å². The summed E-state index contributed by atoms with van der Waals surface area (Å²) >= 11 is 0. The summed E-state index contributed by atoms with van der Waals surface area (Å²) in [6, 6.07) is 8.47. The van der Waals surface area contributed by atoms with Crippen molar-refractivity contribution in [3.05, 3.63) is 68.6 Å². The minimum atomic E-state index is -2.75. The molecule has 1 fully saturated rings. The van der Waals surface area contributed by atoms with E-state index in [1.165, 1.54) is 24.1 Å². The molecule has 0 saturated carbocycles. The Balaban J connectivity index is 1.81. The number of carbonyl (C=O) groups excluding carboxylic acids is 1. The molecule has 0 spiro atoms. The Morgan fingerprint density at radius 3 is 2.70 bits per heavy atom. The van der Waals surface area contributed by atoms with Crippen molar-refractivity contribution in [2.24, 2.45) is 7.05 Å². The zero-order valence-electron chi connectivity index (χ0n) is 16.2. The Hall–Kier alpha value is -3.43. The summed E-state index contributed by atoms with van der Waals surface area (Å²) in [5, 5.41) is 4.24. The fourth-order valence-electron chi connectivity index (χ4n) is 3.80. The normalized spacial score (nSPS) is 16.5. The van der Waals surface area contributed by atoms with Crippen LogP contribution in [0.3, 0.4) is 0 Å². The second-order valence-corrected chi connectivity index (χ2v) is 7.13. The number of aromatic nitrogens is 4. The summed E-state index contributed by atoms with van der Waals surface area (Å²) in [6.45, 7) is -0.436. The maximum atomic E-state index is 13.3. The number of amides is 1.